The number of amides is 1. The van der Waals surface area contributed by atoms with E-state index < -0.39 is 0 Å². The summed E-state index contributed by atoms with van der Waals surface area (Å²) in [6.45, 7) is 6.34. The van der Waals surface area contributed by atoms with Gasteiger partial charge in [-0.05, 0) is 45.0 Å². The molecule has 0 unspecified atom stereocenters. The van der Waals surface area contributed by atoms with E-state index in [0.717, 1.165) is 5.69 Å². The highest BCUT2D eigenvalue weighted by Gasteiger charge is 2.15. The number of hydrogen-bond donors (Lipinski definition) is 1. The third-order valence-electron chi connectivity index (χ3n) is 2.53. The van der Waals surface area contributed by atoms with Gasteiger partial charge >= 0.3 is 0 Å². The molecule has 0 aliphatic heterocycles. The van der Waals surface area contributed by atoms with E-state index in [-0.39, 0.29) is 11.4 Å². The summed E-state index contributed by atoms with van der Waals surface area (Å²) in [6, 6.07) is 9.00. The third-order valence-corrected chi connectivity index (χ3v) is 2.53. The van der Waals surface area contributed by atoms with Crippen LogP contribution in [0, 0.1) is 11.3 Å². The number of nitriles is 1. The number of likely N-dealkylation sites (N-methyl/N-ethyl adjacent to an activating group) is 1. The molecule has 4 heteroatoms. The topological polar surface area (TPSA) is 56.1 Å². The first kappa shape index (κ1) is 14.2. The molecule has 1 amide bonds. The van der Waals surface area contributed by atoms with Crippen LogP contribution in [0.25, 0.3) is 0 Å². The van der Waals surface area contributed by atoms with Crippen LogP contribution in [0.2, 0.25) is 0 Å². The molecule has 0 fully saturated rings. The average Bonchev–Trinajstić information content (AvgIpc) is 2.34. The van der Waals surface area contributed by atoms with Crippen LogP contribution in [0.5, 0.6) is 0 Å². The quantitative estimate of drug-likeness (QED) is 0.885. The molecule has 1 aromatic rings. The predicted molar refractivity (Wildman–Crippen MR) is 72.3 cm³/mol. The molecule has 0 radical (unpaired) electrons. The summed E-state index contributed by atoms with van der Waals surface area (Å²) in [5.74, 6) is -0.00497. The van der Waals surface area contributed by atoms with Crippen molar-refractivity contribution in [3.8, 4) is 6.07 Å². The van der Waals surface area contributed by atoms with Gasteiger partial charge in [-0.25, -0.2) is 0 Å². The van der Waals surface area contributed by atoms with Crippen molar-refractivity contribution in [2.45, 2.75) is 26.3 Å². The number of benzene rings is 1. The second-order valence-electron chi connectivity index (χ2n) is 5.21. The molecule has 0 saturated heterocycles. The Bertz CT molecular complexity index is 451. The first-order valence-corrected chi connectivity index (χ1v) is 5.85. The normalized spacial score (nSPS) is 10.8. The van der Waals surface area contributed by atoms with Crippen molar-refractivity contribution in [3.63, 3.8) is 0 Å². The molecule has 1 rings (SSSR count). The van der Waals surface area contributed by atoms with Crippen LogP contribution in [-0.4, -0.2) is 25.0 Å². The Balaban J connectivity index is 2.66. The fourth-order valence-corrected chi connectivity index (χ4v) is 1.36. The van der Waals surface area contributed by atoms with Gasteiger partial charge in [-0.15, -0.1) is 0 Å². The Morgan fingerprint density at radius 1 is 1.33 bits per heavy atom. The SMILES string of the molecule is CN(C(=O)CNC(C)(C)C)c1ccc(C#N)cc1. The van der Waals surface area contributed by atoms with Crippen molar-refractivity contribution < 1.29 is 4.79 Å². The van der Waals surface area contributed by atoms with Crippen LogP contribution in [0.15, 0.2) is 24.3 Å². The van der Waals surface area contributed by atoms with E-state index in [0.29, 0.717) is 12.1 Å². The summed E-state index contributed by atoms with van der Waals surface area (Å²) in [6.07, 6.45) is 0. The van der Waals surface area contributed by atoms with Crippen LogP contribution >= 0.6 is 0 Å². The molecule has 0 saturated carbocycles. The highest BCUT2D eigenvalue weighted by Crippen LogP contribution is 2.13. The Labute approximate surface area is 108 Å². The number of anilines is 1. The summed E-state index contributed by atoms with van der Waals surface area (Å²) in [4.78, 5) is 13.5. The van der Waals surface area contributed by atoms with Crippen molar-refractivity contribution >= 4 is 11.6 Å². The van der Waals surface area contributed by atoms with E-state index >= 15 is 0 Å². The number of nitrogens with one attached hydrogen (secondary N) is 1. The van der Waals surface area contributed by atoms with Crippen molar-refractivity contribution in [2.75, 3.05) is 18.5 Å². The van der Waals surface area contributed by atoms with Crippen LogP contribution in [0.1, 0.15) is 26.3 Å². The first-order valence-electron chi connectivity index (χ1n) is 5.85. The number of carbonyl (C=O) groups excluding carboxylic acids is 1. The van der Waals surface area contributed by atoms with Gasteiger partial charge in [0.2, 0.25) is 5.91 Å². The smallest absolute Gasteiger partial charge is 0.240 e. The second kappa shape index (κ2) is 5.65. The Kier molecular flexibility index (Phi) is 4.46. The summed E-state index contributed by atoms with van der Waals surface area (Å²) in [7, 11) is 1.73. The lowest BCUT2D eigenvalue weighted by molar-refractivity contribution is -0.117. The molecule has 4 nitrogen and oxygen atoms in total. The second-order valence-corrected chi connectivity index (χ2v) is 5.21. The van der Waals surface area contributed by atoms with E-state index in [1.54, 1.807) is 36.2 Å². The fraction of sp³-hybridized carbons (Fsp3) is 0.429. The van der Waals surface area contributed by atoms with Gasteiger partial charge in [0.25, 0.3) is 0 Å². The molecule has 0 aromatic heterocycles. The molecular formula is C14H19N3O. The number of carbonyl (C=O) groups is 1. The molecule has 18 heavy (non-hydrogen) atoms. The monoisotopic (exact) mass is 245 g/mol. The Hall–Kier alpha value is -1.86. The molecule has 0 aliphatic rings. The van der Waals surface area contributed by atoms with E-state index in [1.807, 2.05) is 20.8 Å². The molecule has 0 atom stereocenters. The van der Waals surface area contributed by atoms with Gasteiger partial charge in [-0.2, -0.15) is 5.26 Å². The maximum atomic E-state index is 11.9. The molecule has 0 bridgehead atoms. The Morgan fingerprint density at radius 3 is 2.33 bits per heavy atom. The predicted octanol–water partition coefficient (Wildman–Crippen LogP) is 1.91. The zero-order valence-corrected chi connectivity index (χ0v) is 11.3. The molecule has 0 spiro atoms. The standard InChI is InChI=1S/C14H19N3O/c1-14(2,3)16-10-13(18)17(4)12-7-5-11(9-15)6-8-12/h5-8,16H,10H2,1-4H3. The minimum Gasteiger partial charge on any atom is -0.314 e. The number of rotatable bonds is 3. The Morgan fingerprint density at radius 2 is 1.89 bits per heavy atom. The van der Waals surface area contributed by atoms with Gasteiger partial charge in [0.05, 0.1) is 18.2 Å². The van der Waals surface area contributed by atoms with E-state index in [4.69, 9.17) is 5.26 Å². The van der Waals surface area contributed by atoms with Crippen molar-refractivity contribution in [2.24, 2.45) is 0 Å². The van der Waals surface area contributed by atoms with Crippen molar-refractivity contribution in [1.29, 1.82) is 5.26 Å². The molecule has 96 valence electrons. The number of nitrogens with zero attached hydrogens (tertiary/aromatic N) is 2. The molecular weight excluding hydrogens is 226 g/mol. The van der Waals surface area contributed by atoms with Crippen LogP contribution in [0.4, 0.5) is 5.69 Å². The zero-order chi connectivity index (χ0) is 13.8. The lowest BCUT2D eigenvalue weighted by atomic mass is 10.1. The van der Waals surface area contributed by atoms with E-state index in [1.165, 1.54) is 0 Å². The molecule has 0 aliphatic carbocycles. The highest BCUT2D eigenvalue weighted by atomic mass is 16.2. The summed E-state index contributed by atoms with van der Waals surface area (Å²) in [5.41, 5.74) is 1.29. The molecule has 1 N–H and O–H groups in total. The van der Waals surface area contributed by atoms with Crippen molar-refractivity contribution in [1.82, 2.24) is 5.32 Å². The van der Waals surface area contributed by atoms with Gasteiger partial charge in [0.1, 0.15) is 0 Å². The summed E-state index contributed by atoms with van der Waals surface area (Å²) in [5, 5.41) is 11.9. The van der Waals surface area contributed by atoms with Crippen LogP contribution < -0.4 is 10.2 Å². The number of hydrogen-bond acceptors (Lipinski definition) is 3. The highest BCUT2D eigenvalue weighted by molar-refractivity contribution is 5.94. The van der Waals surface area contributed by atoms with Crippen LogP contribution in [-0.2, 0) is 4.79 Å². The third kappa shape index (κ3) is 4.19. The zero-order valence-electron chi connectivity index (χ0n) is 11.3. The van der Waals surface area contributed by atoms with Gasteiger partial charge in [0.15, 0.2) is 0 Å². The lowest BCUT2D eigenvalue weighted by Gasteiger charge is -2.23. The maximum absolute atomic E-state index is 11.9. The summed E-state index contributed by atoms with van der Waals surface area (Å²) >= 11 is 0. The van der Waals surface area contributed by atoms with Gasteiger partial charge < -0.3 is 10.2 Å². The van der Waals surface area contributed by atoms with Gasteiger partial charge in [0, 0.05) is 18.3 Å². The average molecular weight is 245 g/mol. The fourth-order valence-electron chi connectivity index (χ4n) is 1.36. The van der Waals surface area contributed by atoms with E-state index in [9.17, 15) is 4.79 Å². The first-order chi connectivity index (χ1) is 8.33. The molecule has 0 heterocycles. The van der Waals surface area contributed by atoms with Gasteiger partial charge in [-0.3, -0.25) is 4.79 Å². The minimum absolute atomic E-state index is 0.00497. The van der Waals surface area contributed by atoms with Crippen LogP contribution in [0.3, 0.4) is 0 Å². The summed E-state index contributed by atoms with van der Waals surface area (Å²) < 4.78 is 0. The van der Waals surface area contributed by atoms with Gasteiger partial charge in [-0.1, -0.05) is 0 Å². The van der Waals surface area contributed by atoms with Crippen molar-refractivity contribution in [3.05, 3.63) is 29.8 Å². The minimum atomic E-state index is -0.0822. The molecule has 1 aromatic carbocycles. The van der Waals surface area contributed by atoms with E-state index in [2.05, 4.69) is 11.4 Å². The largest absolute Gasteiger partial charge is 0.314 e. The lowest BCUT2D eigenvalue weighted by Crippen LogP contribution is -2.43. The maximum Gasteiger partial charge on any atom is 0.240 e.